The molecule has 3 N–H and O–H groups in total. The van der Waals surface area contributed by atoms with Crippen molar-refractivity contribution in [3.8, 4) is 0 Å². The van der Waals surface area contributed by atoms with Crippen molar-refractivity contribution < 1.29 is 24.8 Å². The fourth-order valence-electron chi connectivity index (χ4n) is 2.45. The normalized spacial score (nSPS) is 35.5. The average Bonchev–Trinajstić information content (AvgIpc) is 2.32. The molecule has 1 fully saturated rings. The summed E-state index contributed by atoms with van der Waals surface area (Å²) in [6.07, 6.45) is -2.24. The van der Waals surface area contributed by atoms with Gasteiger partial charge in [-0.05, 0) is 39.5 Å². The summed E-state index contributed by atoms with van der Waals surface area (Å²) in [5, 5.41) is 29.9. The van der Waals surface area contributed by atoms with Crippen molar-refractivity contribution in [2.24, 2.45) is 5.92 Å². The third-order valence-corrected chi connectivity index (χ3v) is 3.48. The van der Waals surface area contributed by atoms with E-state index < -0.39 is 36.1 Å². The molecule has 20 heavy (non-hydrogen) atoms. The Balaban J connectivity index is 2.73. The molecule has 0 saturated carbocycles. The molecule has 0 aromatic heterocycles. The van der Waals surface area contributed by atoms with Crippen molar-refractivity contribution in [3.05, 3.63) is 0 Å². The molecule has 0 radical (unpaired) electrons. The molecule has 5 atom stereocenters. The predicted molar refractivity (Wildman–Crippen MR) is 76.5 cm³/mol. The maximum absolute atomic E-state index is 10.3. The Morgan fingerprint density at radius 2 is 1.70 bits per heavy atom. The Morgan fingerprint density at radius 1 is 1.10 bits per heavy atom. The average molecular weight is 290 g/mol. The van der Waals surface area contributed by atoms with E-state index in [1.807, 2.05) is 20.8 Å². The van der Waals surface area contributed by atoms with Crippen LogP contribution in [-0.4, -0.2) is 58.0 Å². The van der Waals surface area contributed by atoms with E-state index in [0.717, 1.165) is 6.42 Å². The van der Waals surface area contributed by atoms with Gasteiger partial charge in [0.1, 0.15) is 24.4 Å². The molecule has 0 aliphatic carbocycles. The summed E-state index contributed by atoms with van der Waals surface area (Å²) in [4.78, 5) is 0. The van der Waals surface area contributed by atoms with E-state index in [2.05, 4.69) is 13.8 Å². The minimum Gasteiger partial charge on any atom is -0.394 e. The molecule has 5 unspecified atom stereocenters. The van der Waals surface area contributed by atoms with Gasteiger partial charge in [-0.1, -0.05) is 13.8 Å². The zero-order valence-electron chi connectivity index (χ0n) is 13.2. The van der Waals surface area contributed by atoms with Gasteiger partial charge in [0.15, 0.2) is 0 Å². The molecule has 0 aromatic rings. The van der Waals surface area contributed by atoms with Crippen molar-refractivity contribution in [1.82, 2.24) is 0 Å². The minimum absolute atomic E-state index is 0.233. The van der Waals surface area contributed by atoms with Gasteiger partial charge >= 0.3 is 0 Å². The maximum Gasteiger partial charge on any atom is 0.115 e. The topological polar surface area (TPSA) is 79.2 Å². The monoisotopic (exact) mass is 290 g/mol. The molecule has 0 spiro atoms. The van der Waals surface area contributed by atoms with Gasteiger partial charge in [-0.15, -0.1) is 0 Å². The second-order valence-corrected chi connectivity index (χ2v) is 7.04. The van der Waals surface area contributed by atoms with Crippen LogP contribution >= 0.6 is 0 Å². The van der Waals surface area contributed by atoms with Crippen molar-refractivity contribution in [2.45, 2.75) is 83.6 Å². The highest BCUT2D eigenvalue weighted by Gasteiger charge is 2.45. The largest absolute Gasteiger partial charge is 0.394 e. The van der Waals surface area contributed by atoms with Gasteiger partial charge in [-0.25, -0.2) is 0 Å². The van der Waals surface area contributed by atoms with Crippen molar-refractivity contribution >= 4 is 0 Å². The quantitative estimate of drug-likeness (QED) is 0.706. The van der Waals surface area contributed by atoms with Gasteiger partial charge in [0.2, 0.25) is 0 Å². The molecule has 5 heteroatoms. The number of ether oxygens (including phenoxy) is 2. The SMILES string of the molecule is CC(C)CCC1OC(CO)C(OC(C)(C)C)C(O)C1O. The maximum atomic E-state index is 10.3. The van der Waals surface area contributed by atoms with Crippen LogP contribution in [0.2, 0.25) is 0 Å². The summed E-state index contributed by atoms with van der Waals surface area (Å²) in [7, 11) is 0. The van der Waals surface area contributed by atoms with Gasteiger partial charge in [-0.2, -0.15) is 0 Å². The van der Waals surface area contributed by atoms with E-state index in [9.17, 15) is 15.3 Å². The Bertz CT molecular complexity index is 284. The van der Waals surface area contributed by atoms with E-state index in [4.69, 9.17) is 9.47 Å². The second-order valence-electron chi connectivity index (χ2n) is 7.04. The second kappa shape index (κ2) is 7.18. The molecule has 0 amide bonds. The number of rotatable bonds is 5. The summed E-state index contributed by atoms with van der Waals surface area (Å²) >= 11 is 0. The molecule has 1 aliphatic rings. The molecule has 5 nitrogen and oxygen atoms in total. The van der Waals surface area contributed by atoms with E-state index in [1.165, 1.54) is 0 Å². The van der Waals surface area contributed by atoms with Crippen molar-refractivity contribution in [1.29, 1.82) is 0 Å². The van der Waals surface area contributed by atoms with Crippen LogP contribution in [0.4, 0.5) is 0 Å². The van der Waals surface area contributed by atoms with Crippen LogP contribution in [0.1, 0.15) is 47.5 Å². The lowest BCUT2D eigenvalue weighted by molar-refractivity contribution is -0.262. The zero-order chi connectivity index (χ0) is 15.5. The minimum atomic E-state index is -1.04. The molecular formula is C15H30O5. The van der Waals surface area contributed by atoms with Gasteiger partial charge in [-0.3, -0.25) is 0 Å². The van der Waals surface area contributed by atoms with Crippen molar-refractivity contribution in [3.63, 3.8) is 0 Å². The van der Waals surface area contributed by atoms with Crippen LogP contribution in [-0.2, 0) is 9.47 Å². The third-order valence-electron chi connectivity index (χ3n) is 3.48. The molecule has 1 aliphatic heterocycles. The number of aliphatic hydroxyl groups excluding tert-OH is 3. The van der Waals surface area contributed by atoms with Gasteiger partial charge < -0.3 is 24.8 Å². The zero-order valence-corrected chi connectivity index (χ0v) is 13.2. The number of hydrogen-bond donors (Lipinski definition) is 3. The highest BCUT2D eigenvalue weighted by molar-refractivity contribution is 4.94. The molecular weight excluding hydrogens is 260 g/mol. The Kier molecular flexibility index (Phi) is 6.41. The summed E-state index contributed by atoms with van der Waals surface area (Å²) in [5.41, 5.74) is -0.479. The summed E-state index contributed by atoms with van der Waals surface area (Å²) in [6.45, 7) is 9.56. The van der Waals surface area contributed by atoms with E-state index in [-0.39, 0.29) is 6.61 Å². The first kappa shape index (κ1) is 17.9. The van der Waals surface area contributed by atoms with Gasteiger partial charge in [0.05, 0.1) is 18.3 Å². The summed E-state index contributed by atoms with van der Waals surface area (Å²) in [6, 6.07) is 0. The first-order chi connectivity index (χ1) is 9.15. The van der Waals surface area contributed by atoms with Crippen molar-refractivity contribution in [2.75, 3.05) is 6.61 Å². The van der Waals surface area contributed by atoms with Crippen LogP contribution in [0.15, 0.2) is 0 Å². The number of hydrogen-bond acceptors (Lipinski definition) is 5. The van der Waals surface area contributed by atoms with Crippen LogP contribution in [0.25, 0.3) is 0 Å². The molecule has 1 heterocycles. The van der Waals surface area contributed by atoms with Gasteiger partial charge in [0, 0.05) is 0 Å². The van der Waals surface area contributed by atoms with E-state index >= 15 is 0 Å². The fourth-order valence-corrected chi connectivity index (χ4v) is 2.45. The molecule has 0 aromatic carbocycles. The lowest BCUT2D eigenvalue weighted by Crippen LogP contribution is -2.60. The van der Waals surface area contributed by atoms with Crippen LogP contribution in [0.3, 0.4) is 0 Å². The van der Waals surface area contributed by atoms with Crippen LogP contribution in [0, 0.1) is 5.92 Å². The first-order valence-corrected chi connectivity index (χ1v) is 7.46. The van der Waals surface area contributed by atoms with E-state index in [1.54, 1.807) is 0 Å². The lowest BCUT2D eigenvalue weighted by atomic mass is 9.90. The smallest absolute Gasteiger partial charge is 0.115 e. The Hall–Kier alpha value is -0.200. The lowest BCUT2D eigenvalue weighted by Gasteiger charge is -2.44. The predicted octanol–water partition coefficient (Wildman–Crippen LogP) is 1.09. The van der Waals surface area contributed by atoms with Gasteiger partial charge in [0.25, 0.3) is 0 Å². The van der Waals surface area contributed by atoms with E-state index in [0.29, 0.717) is 12.3 Å². The molecule has 1 rings (SSSR count). The molecule has 120 valence electrons. The summed E-state index contributed by atoms with van der Waals surface area (Å²) < 4.78 is 11.5. The fraction of sp³-hybridized carbons (Fsp3) is 1.00. The Labute approximate surface area is 121 Å². The highest BCUT2D eigenvalue weighted by atomic mass is 16.6. The summed E-state index contributed by atoms with van der Waals surface area (Å²) in [5.74, 6) is 0.499. The highest BCUT2D eigenvalue weighted by Crippen LogP contribution is 2.29. The Morgan fingerprint density at radius 3 is 2.15 bits per heavy atom. The van der Waals surface area contributed by atoms with Crippen LogP contribution < -0.4 is 0 Å². The third kappa shape index (κ3) is 4.97. The first-order valence-electron chi connectivity index (χ1n) is 7.46. The standard InChI is InChI=1S/C15H30O5/c1-9(2)6-7-10-12(17)13(18)14(11(8-16)19-10)20-15(3,4)5/h9-14,16-18H,6-8H2,1-5H3. The number of aliphatic hydroxyl groups is 3. The molecule has 0 bridgehead atoms. The van der Waals surface area contributed by atoms with Crippen LogP contribution in [0.5, 0.6) is 0 Å². The molecule has 1 saturated heterocycles.